The van der Waals surface area contributed by atoms with Crippen molar-refractivity contribution in [3.8, 4) is 0 Å². The molecule has 1 heterocycles. The van der Waals surface area contributed by atoms with Crippen LogP contribution in [0.2, 0.25) is 0 Å². The van der Waals surface area contributed by atoms with Gasteiger partial charge in [0, 0.05) is 6.42 Å². The van der Waals surface area contributed by atoms with E-state index in [0.717, 1.165) is 0 Å². The summed E-state index contributed by atoms with van der Waals surface area (Å²) >= 11 is 0. The monoisotopic (exact) mass is 296 g/mol. The summed E-state index contributed by atoms with van der Waals surface area (Å²) in [6.07, 6.45) is -2.79. The first-order valence-corrected chi connectivity index (χ1v) is 8.05. The van der Waals surface area contributed by atoms with Crippen molar-refractivity contribution in [3.05, 3.63) is 0 Å². The maximum Gasteiger partial charge on any atom is 0.361 e. The second-order valence-corrected chi connectivity index (χ2v) is 6.59. The molecule has 0 spiro atoms. The summed E-state index contributed by atoms with van der Waals surface area (Å²) in [6.45, 7) is 3.41. The summed E-state index contributed by atoms with van der Waals surface area (Å²) in [5.41, 5.74) is 0. The average Bonchev–Trinajstić information content (AvgIpc) is 2.68. The molecule has 2 unspecified atom stereocenters. The maximum absolute atomic E-state index is 12.3. The summed E-state index contributed by atoms with van der Waals surface area (Å²) in [5.74, 6) is -1.70. The zero-order chi connectivity index (χ0) is 14.6. The van der Waals surface area contributed by atoms with Gasteiger partial charge >= 0.3 is 7.60 Å². The van der Waals surface area contributed by atoms with E-state index in [-0.39, 0.29) is 19.6 Å². The highest BCUT2D eigenvalue weighted by molar-refractivity contribution is 7.54. The van der Waals surface area contributed by atoms with Crippen LogP contribution in [-0.2, 0) is 18.3 Å². The van der Waals surface area contributed by atoms with E-state index < -0.39 is 37.8 Å². The fraction of sp³-hybridized carbons (Fsp3) is 1.00. The third-order valence-corrected chi connectivity index (χ3v) is 5.22. The lowest BCUT2D eigenvalue weighted by molar-refractivity contribution is -0.0587. The van der Waals surface area contributed by atoms with Crippen LogP contribution in [0.4, 0.5) is 0 Å². The molecule has 1 aliphatic rings. The lowest BCUT2D eigenvalue weighted by Gasteiger charge is -2.28. The van der Waals surface area contributed by atoms with E-state index in [1.54, 1.807) is 21.7 Å². The van der Waals surface area contributed by atoms with Crippen molar-refractivity contribution in [2.24, 2.45) is 0 Å². The molecular formula is C10H22BO7P. The molecule has 0 amide bonds. The van der Waals surface area contributed by atoms with Crippen molar-refractivity contribution in [2.45, 2.75) is 50.4 Å². The minimum Gasteiger partial charge on any atom is -0.391 e. The molecule has 1 aliphatic heterocycles. The van der Waals surface area contributed by atoms with Gasteiger partial charge in [0.25, 0.3) is 0 Å². The average molecular weight is 296 g/mol. The Morgan fingerprint density at radius 1 is 1.37 bits per heavy atom. The highest BCUT2D eigenvalue weighted by atomic mass is 31.2. The lowest BCUT2D eigenvalue weighted by atomic mass is 9.94. The van der Waals surface area contributed by atoms with E-state index in [0.29, 0.717) is 0 Å². The van der Waals surface area contributed by atoms with Gasteiger partial charge in [-0.1, -0.05) is 0 Å². The van der Waals surface area contributed by atoms with Gasteiger partial charge in [-0.15, -0.1) is 0 Å². The van der Waals surface area contributed by atoms with Crippen molar-refractivity contribution in [3.63, 3.8) is 0 Å². The normalized spacial score (nSPS) is 31.3. The molecule has 3 N–H and O–H groups in total. The SMILES string of the molecule is B[C@@H]1O[C@H](C(O)C(O)P(=O)(OCC)OCC)C[C@@H]1O. The highest BCUT2D eigenvalue weighted by Crippen LogP contribution is 2.53. The second kappa shape index (κ2) is 7.17. The fourth-order valence-electron chi connectivity index (χ4n) is 2.00. The van der Waals surface area contributed by atoms with Crippen molar-refractivity contribution >= 4 is 15.4 Å². The zero-order valence-electron chi connectivity index (χ0n) is 11.4. The molecular weight excluding hydrogens is 274 g/mol. The van der Waals surface area contributed by atoms with Crippen LogP contribution in [0.5, 0.6) is 0 Å². The molecule has 112 valence electrons. The number of ether oxygens (including phenoxy) is 1. The van der Waals surface area contributed by atoms with Crippen LogP contribution in [0.15, 0.2) is 0 Å². The fourth-order valence-corrected chi connectivity index (χ4v) is 3.67. The lowest BCUT2D eigenvalue weighted by Crippen LogP contribution is -2.38. The molecule has 0 aromatic heterocycles. The van der Waals surface area contributed by atoms with Gasteiger partial charge in [0.1, 0.15) is 14.0 Å². The number of hydrogen-bond acceptors (Lipinski definition) is 7. The summed E-state index contributed by atoms with van der Waals surface area (Å²) in [5, 5.41) is 29.6. The summed E-state index contributed by atoms with van der Waals surface area (Å²) in [4.78, 5) is 0. The Labute approximate surface area is 113 Å². The van der Waals surface area contributed by atoms with Gasteiger partial charge in [-0.05, 0) is 13.8 Å². The third kappa shape index (κ3) is 4.01. The molecule has 0 aromatic rings. The third-order valence-electron chi connectivity index (χ3n) is 3.03. The minimum absolute atomic E-state index is 0.0889. The Morgan fingerprint density at radius 3 is 2.26 bits per heavy atom. The van der Waals surface area contributed by atoms with E-state index in [1.807, 2.05) is 0 Å². The molecule has 19 heavy (non-hydrogen) atoms. The molecule has 9 heteroatoms. The van der Waals surface area contributed by atoms with E-state index >= 15 is 0 Å². The van der Waals surface area contributed by atoms with Gasteiger partial charge in [0.15, 0.2) is 5.85 Å². The maximum atomic E-state index is 12.3. The first kappa shape index (κ1) is 17.1. The molecule has 0 saturated carbocycles. The molecule has 1 saturated heterocycles. The summed E-state index contributed by atoms with van der Waals surface area (Å²) < 4.78 is 27.6. The van der Waals surface area contributed by atoms with Gasteiger partial charge in [0.2, 0.25) is 0 Å². The van der Waals surface area contributed by atoms with Crippen LogP contribution in [0.1, 0.15) is 20.3 Å². The molecule has 0 aliphatic carbocycles. The van der Waals surface area contributed by atoms with Crippen molar-refractivity contribution in [1.29, 1.82) is 0 Å². The van der Waals surface area contributed by atoms with E-state index in [9.17, 15) is 19.9 Å². The Balaban J connectivity index is 2.74. The zero-order valence-corrected chi connectivity index (χ0v) is 12.3. The largest absolute Gasteiger partial charge is 0.391 e. The van der Waals surface area contributed by atoms with Crippen molar-refractivity contribution < 1.29 is 33.7 Å². The van der Waals surface area contributed by atoms with E-state index in [1.165, 1.54) is 0 Å². The number of aliphatic hydroxyl groups is 3. The molecule has 0 bridgehead atoms. The van der Waals surface area contributed by atoms with Crippen LogP contribution >= 0.6 is 7.60 Å². The number of aliphatic hydroxyl groups excluding tert-OH is 3. The van der Waals surface area contributed by atoms with Crippen LogP contribution in [0, 0.1) is 0 Å². The second-order valence-electron chi connectivity index (χ2n) is 4.46. The summed E-state index contributed by atoms with van der Waals surface area (Å²) in [6, 6.07) is -0.439. The molecule has 0 aromatic carbocycles. The van der Waals surface area contributed by atoms with Gasteiger partial charge in [0.05, 0.1) is 31.4 Å². The van der Waals surface area contributed by atoms with Gasteiger partial charge < -0.3 is 29.1 Å². The van der Waals surface area contributed by atoms with Crippen molar-refractivity contribution in [2.75, 3.05) is 13.2 Å². The topological polar surface area (TPSA) is 105 Å². The molecule has 1 fully saturated rings. The smallest absolute Gasteiger partial charge is 0.361 e. The van der Waals surface area contributed by atoms with Crippen LogP contribution in [0.3, 0.4) is 0 Å². The standard InChI is InChI=1S/C10H22BO7P/c1-3-16-19(15,17-4-2)10(14)8(13)7-5-6(12)9(11)18-7/h6-10,12-14H,3-5,11H2,1-2H3/t6-,7-,8?,9+,10?/m0/s1. The van der Waals surface area contributed by atoms with Gasteiger partial charge in [-0.25, -0.2) is 0 Å². The summed E-state index contributed by atoms with van der Waals surface area (Å²) in [7, 11) is -2.15. The van der Waals surface area contributed by atoms with Gasteiger partial charge in [-0.2, -0.15) is 0 Å². The van der Waals surface area contributed by atoms with Crippen LogP contribution in [0.25, 0.3) is 0 Å². The van der Waals surface area contributed by atoms with Crippen molar-refractivity contribution in [1.82, 2.24) is 0 Å². The van der Waals surface area contributed by atoms with Crippen LogP contribution < -0.4 is 0 Å². The highest BCUT2D eigenvalue weighted by Gasteiger charge is 2.46. The van der Waals surface area contributed by atoms with E-state index in [2.05, 4.69) is 0 Å². The molecule has 1 rings (SSSR count). The first-order valence-electron chi connectivity index (χ1n) is 6.44. The van der Waals surface area contributed by atoms with Crippen LogP contribution in [-0.4, -0.2) is 66.5 Å². The molecule has 7 nitrogen and oxygen atoms in total. The minimum atomic E-state index is -3.81. The Bertz CT molecular complexity index is 309. The molecule has 5 atom stereocenters. The predicted octanol–water partition coefficient (Wildman–Crippen LogP) is -0.959. The number of rotatable bonds is 7. The Morgan fingerprint density at radius 2 is 1.89 bits per heavy atom. The van der Waals surface area contributed by atoms with E-state index in [4.69, 9.17) is 13.8 Å². The number of hydrogen-bond donors (Lipinski definition) is 3. The van der Waals surface area contributed by atoms with Gasteiger partial charge in [-0.3, -0.25) is 4.57 Å². The Kier molecular flexibility index (Phi) is 6.46. The molecule has 0 radical (unpaired) electrons. The first-order chi connectivity index (χ1) is 8.85. The predicted molar refractivity (Wildman–Crippen MR) is 70.7 cm³/mol. The quantitative estimate of drug-likeness (QED) is 0.410. The Hall–Kier alpha value is 0.0549.